The molecule has 9 heteroatoms. The molecule has 9 nitrogen and oxygen atoms in total. The van der Waals surface area contributed by atoms with Crippen LogP contribution in [-0.2, 0) is 17.9 Å². The van der Waals surface area contributed by atoms with Gasteiger partial charge in [-0.1, -0.05) is 30.3 Å². The van der Waals surface area contributed by atoms with Gasteiger partial charge < -0.3 is 29.0 Å². The predicted molar refractivity (Wildman–Crippen MR) is 146 cm³/mol. The Hall–Kier alpha value is -4.53. The minimum absolute atomic E-state index is 0.0390. The summed E-state index contributed by atoms with van der Waals surface area (Å²) < 4.78 is 17.9. The van der Waals surface area contributed by atoms with Crippen LogP contribution < -0.4 is 24.4 Å². The van der Waals surface area contributed by atoms with Crippen LogP contribution in [-0.4, -0.2) is 48.7 Å². The Labute approximate surface area is 221 Å². The molecular weight excluding hydrogens is 484 g/mol. The second-order valence-corrected chi connectivity index (χ2v) is 8.89. The average Bonchev–Trinajstić information content (AvgIpc) is 3.28. The molecule has 2 amide bonds. The Morgan fingerprint density at radius 3 is 2.16 bits per heavy atom. The zero-order chi connectivity index (χ0) is 27.2. The van der Waals surface area contributed by atoms with Gasteiger partial charge in [-0.3, -0.25) is 9.59 Å². The first-order chi connectivity index (χ1) is 18.4. The lowest BCUT2D eigenvalue weighted by Gasteiger charge is -2.27. The molecule has 0 aliphatic carbocycles. The third-order valence-corrected chi connectivity index (χ3v) is 6.18. The van der Waals surface area contributed by atoms with Crippen molar-refractivity contribution in [3.05, 3.63) is 78.1 Å². The lowest BCUT2D eigenvalue weighted by atomic mass is 10.1. The highest BCUT2D eigenvalue weighted by Gasteiger charge is 2.23. The van der Waals surface area contributed by atoms with E-state index in [1.54, 1.807) is 17.0 Å². The van der Waals surface area contributed by atoms with Gasteiger partial charge >= 0.3 is 0 Å². The standard InChI is InChI=1S/C29H32N4O5/c1-19(2)33(21-11-7-6-8-12-21)27(34)18-32-23-14-10-9-13-22(23)31-26(32)17-30-29(35)20-15-24(36-3)28(38-5)25(16-20)37-4/h6-16,19H,17-18H2,1-5H3,(H,30,35). The van der Waals surface area contributed by atoms with Gasteiger partial charge in [0.1, 0.15) is 12.4 Å². The number of hydrogen-bond donors (Lipinski definition) is 1. The number of nitrogens with one attached hydrogen (secondary N) is 1. The van der Waals surface area contributed by atoms with Gasteiger partial charge in [-0.25, -0.2) is 4.98 Å². The van der Waals surface area contributed by atoms with Crippen LogP contribution in [0.1, 0.15) is 30.0 Å². The summed E-state index contributed by atoms with van der Waals surface area (Å²) in [5, 5.41) is 2.91. The summed E-state index contributed by atoms with van der Waals surface area (Å²) >= 11 is 0. The number of hydrogen-bond acceptors (Lipinski definition) is 6. The Bertz CT molecular complexity index is 1410. The van der Waals surface area contributed by atoms with E-state index in [9.17, 15) is 9.59 Å². The third kappa shape index (κ3) is 5.41. The summed E-state index contributed by atoms with van der Waals surface area (Å²) in [6.07, 6.45) is 0. The summed E-state index contributed by atoms with van der Waals surface area (Å²) in [5.74, 6) is 1.31. The molecule has 0 unspecified atom stereocenters. The number of carbonyl (C=O) groups excluding carboxylic acids is 2. The van der Waals surface area contributed by atoms with Gasteiger partial charge in [-0.2, -0.15) is 0 Å². The Kier molecular flexibility index (Phi) is 8.15. The fourth-order valence-corrected chi connectivity index (χ4v) is 4.44. The number of imidazole rings is 1. The Morgan fingerprint density at radius 1 is 0.921 bits per heavy atom. The number of benzene rings is 3. The van der Waals surface area contributed by atoms with Gasteiger partial charge in [-0.15, -0.1) is 0 Å². The topological polar surface area (TPSA) is 94.9 Å². The van der Waals surface area contributed by atoms with E-state index in [0.717, 1.165) is 16.7 Å². The van der Waals surface area contributed by atoms with E-state index in [4.69, 9.17) is 19.2 Å². The molecule has 0 aliphatic heterocycles. The lowest BCUT2D eigenvalue weighted by Crippen LogP contribution is -2.39. The highest BCUT2D eigenvalue weighted by molar-refractivity contribution is 5.96. The van der Waals surface area contributed by atoms with Crippen molar-refractivity contribution in [3.63, 3.8) is 0 Å². The number of methoxy groups -OCH3 is 3. The summed E-state index contributed by atoms with van der Waals surface area (Å²) in [5.41, 5.74) is 2.73. The van der Waals surface area contributed by atoms with Crippen molar-refractivity contribution in [2.45, 2.75) is 33.0 Å². The van der Waals surface area contributed by atoms with Crippen molar-refractivity contribution in [2.75, 3.05) is 26.2 Å². The molecule has 3 aromatic carbocycles. The normalized spacial score (nSPS) is 10.9. The molecule has 1 aromatic heterocycles. The number of ether oxygens (including phenoxy) is 3. The van der Waals surface area contributed by atoms with E-state index < -0.39 is 0 Å². The van der Waals surface area contributed by atoms with E-state index in [2.05, 4.69) is 5.32 Å². The van der Waals surface area contributed by atoms with Crippen molar-refractivity contribution in [1.82, 2.24) is 14.9 Å². The number of carbonyl (C=O) groups is 2. The molecule has 38 heavy (non-hydrogen) atoms. The monoisotopic (exact) mass is 516 g/mol. The maximum absolute atomic E-state index is 13.6. The molecule has 0 saturated heterocycles. The van der Waals surface area contributed by atoms with Crippen LogP contribution in [0.3, 0.4) is 0 Å². The van der Waals surface area contributed by atoms with Crippen LogP contribution in [0.15, 0.2) is 66.7 Å². The van der Waals surface area contributed by atoms with E-state index in [1.165, 1.54) is 21.3 Å². The number of nitrogens with zero attached hydrogens (tertiary/aromatic N) is 3. The van der Waals surface area contributed by atoms with Crippen LogP contribution in [0.4, 0.5) is 5.69 Å². The predicted octanol–water partition coefficient (Wildman–Crippen LogP) is 4.43. The fourth-order valence-electron chi connectivity index (χ4n) is 4.44. The number of aromatic nitrogens is 2. The van der Waals surface area contributed by atoms with Crippen molar-refractivity contribution in [2.24, 2.45) is 0 Å². The largest absolute Gasteiger partial charge is 0.493 e. The molecule has 0 radical (unpaired) electrons. The number of amides is 2. The minimum atomic E-state index is -0.345. The molecule has 0 fully saturated rings. The molecule has 0 saturated carbocycles. The smallest absolute Gasteiger partial charge is 0.251 e. The van der Waals surface area contributed by atoms with E-state index in [0.29, 0.717) is 28.6 Å². The summed E-state index contributed by atoms with van der Waals surface area (Å²) in [4.78, 5) is 33.2. The van der Waals surface area contributed by atoms with Gasteiger partial charge in [0.15, 0.2) is 11.5 Å². The summed E-state index contributed by atoms with van der Waals surface area (Å²) in [6, 6.07) is 20.3. The Morgan fingerprint density at radius 2 is 1.55 bits per heavy atom. The third-order valence-electron chi connectivity index (χ3n) is 6.18. The molecule has 1 N–H and O–H groups in total. The zero-order valence-electron chi connectivity index (χ0n) is 22.2. The molecule has 0 spiro atoms. The second-order valence-electron chi connectivity index (χ2n) is 8.89. The summed E-state index contributed by atoms with van der Waals surface area (Å²) in [6.45, 7) is 4.15. The highest BCUT2D eigenvalue weighted by Crippen LogP contribution is 2.38. The molecular formula is C29H32N4O5. The van der Waals surface area contributed by atoms with Crippen molar-refractivity contribution in [3.8, 4) is 17.2 Å². The van der Waals surface area contributed by atoms with E-state index in [1.807, 2.05) is 73.0 Å². The second kappa shape index (κ2) is 11.7. The van der Waals surface area contributed by atoms with Gasteiger partial charge in [0.05, 0.1) is 38.9 Å². The maximum atomic E-state index is 13.6. The first kappa shape index (κ1) is 26.5. The fraction of sp³-hybridized carbons (Fsp3) is 0.276. The average molecular weight is 517 g/mol. The van der Waals surface area contributed by atoms with Crippen molar-refractivity contribution >= 4 is 28.5 Å². The number of para-hydroxylation sites is 3. The van der Waals surface area contributed by atoms with Crippen molar-refractivity contribution in [1.29, 1.82) is 0 Å². The minimum Gasteiger partial charge on any atom is -0.493 e. The summed E-state index contributed by atoms with van der Waals surface area (Å²) in [7, 11) is 4.49. The molecule has 0 bridgehead atoms. The Balaban J connectivity index is 1.61. The molecule has 0 atom stereocenters. The van der Waals surface area contributed by atoms with Crippen LogP contribution in [0.25, 0.3) is 11.0 Å². The molecule has 1 heterocycles. The van der Waals surface area contributed by atoms with Crippen molar-refractivity contribution < 1.29 is 23.8 Å². The first-order valence-electron chi connectivity index (χ1n) is 12.3. The maximum Gasteiger partial charge on any atom is 0.251 e. The van der Waals surface area contributed by atoms with Crippen LogP contribution >= 0.6 is 0 Å². The highest BCUT2D eigenvalue weighted by atomic mass is 16.5. The van der Waals surface area contributed by atoms with Gasteiger partial charge in [0.2, 0.25) is 11.7 Å². The SMILES string of the molecule is COc1cc(C(=O)NCc2nc3ccccc3n2CC(=O)N(c2ccccc2)C(C)C)cc(OC)c1OC. The van der Waals surface area contributed by atoms with E-state index >= 15 is 0 Å². The van der Waals surface area contributed by atoms with Crippen LogP contribution in [0.2, 0.25) is 0 Å². The molecule has 198 valence electrons. The quantitative estimate of drug-likeness (QED) is 0.335. The number of anilines is 1. The van der Waals surface area contributed by atoms with Crippen LogP contribution in [0, 0.1) is 0 Å². The van der Waals surface area contributed by atoms with Crippen LogP contribution in [0.5, 0.6) is 17.2 Å². The first-order valence-corrected chi connectivity index (χ1v) is 12.3. The molecule has 4 rings (SSSR count). The molecule has 4 aromatic rings. The number of rotatable bonds is 10. The van der Waals surface area contributed by atoms with E-state index in [-0.39, 0.29) is 30.9 Å². The zero-order valence-corrected chi connectivity index (χ0v) is 22.2. The lowest BCUT2D eigenvalue weighted by molar-refractivity contribution is -0.119. The van der Waals surface area contributed by atoms with Gasteiger partial charge in [-0.05, 0) is 50.2 Å². The van der Waals surface area contributed by atoms with Gasteiger partial charge in [0, 0.05) is 17.3 Å². The van der Waals surface area contributed by atoms with Gasteiger partial charge in [0.25, 0.3) is 5.91 Å². The molecule has 0 aliphatic rings. The number of fused-ring (bicyclic) bond motifs is 1.